The number of nitrogens with one attached hydrogen (secondary N) is 1. The third kappa shape index (κ3) is 6.22. The molecule has 0 atom stereocenters. The minimum absolute atomic E-state index is 0.0209. The number of hydrogen-bond acceptors (Lipinski definition) is 5. The molecule has 0 aliphatic heterocycles. The zero-order valence-electron chi connectivity index (χ0n) is 15.4. The van der Waals surface area contributed by atoms with Gasteiger partial charge in [0.05, 0.1) is 12.4 Å². The number of thioether (sulfide) groups is 1. The molecule has 26 heavy (non-hydrogen) atoms. The molecule has 0 saturated heterocycles. The zero-order valence-corrected chi connectivity index (χ0v) is 16.3. The van der Waals surface area contributed by atoms with Crippen molar-refractivity contribution in [3.05, 3.63) is 51.9 Å². The molecular weight excluding hydrogens is 350 g/mol. The quantitative estimate of drug-likeness (QED) is 0.539. The lowest BCUT2D eigenvalue weighted by molar-refractivity contribution is -0.127. The third-order valence-corrected chi connectivity index (χ3v) is 4.55. The number of hydrogen-bond donors (Lipinski definition) is 1. The molecule has 0 unspecified atom stereocenters. The average molecular weight is 375 g/mol. The van der Waals surface area contributed by atoms with Crippen molar-refractivity contribution >= 4 is 17.7 Å². The molecule has 0 saturated carbocycles. The maximum atomic E-state index is 12.3. The molecule has 6 nitrogen and oxygen atoms in total. The predicted octanol–water partition coefficient (Wildman–Crippen LogP) is 2.87. The Morgan fingerprint density at radius 1 is 1.27 bits per heavy atom. The highest BCUT2D eigenvalue weighted by molar-refractivity contribution is 7.99. The molecule has 2 rings (SSSR count). The monoisotopic (exact) mass is 375 g/mol. The topological polar surface area (TPSA) is 75.3 Å². The van der Waals surface area contributed by atoms with Crippen LogP contribution in [0.3, 0.4) is 0 Å². The molecule has 140 valence electrons. The number of aryl methyl sites for hydroxylation is 1. The van der Waals surface area contributed by atoms with E-state index in [-0.39, 0.29) is 17.2 Å². The fourth-order valence-corrected chi connectivity index (χ4v) is 3.23. The van der Waals surface area contributed by atoms with E-state index in [0.717, 1.165) is 29.8 Å². The Kier molecular flexibility index (Phi) is 7.72. The van der Waals surface area contributed by atoms with E-state index < -0.39 is 0 Å². The summed E-state index contributed by atoms with van der Waals surface area (Å²) in [7, 11) is 1.77. The van der Waals surface area contributed by atoms with E-state index in [1.165, 1.54) is 17.8 Å². The van der Waals surface area contributed by atoms with Gasteiger partial charge in [-0.1, -0.05) is 37.2 Å². The van der Waals surface area contributed by atoms with Crippen LogP contribution >= 0.6 is 11.8 Å². The van der Waals surface area contributed by atoms with Crippen molar-refractivity contribution in [1.82, 2.24) is 14.9 Å². The number of nitrogens with zero attached hydrogens (tertiary/aromatic N) is 2. The van der Waals surface area contributed by atoms with Crippen LogP contribution in [0.15, 0.2) is 40.3 Å². The van der Waals surface area contributed by atoms with Crippen LogP contribution in [-0.2, 0) is 17.8 Å². The normalized spacial score (nSPS) is 10.6. The summed E-state index contributed by atoms with van der Waals surface area (Å²) in [5.41, 5.74) is 1.61. The van der Waals surface area contributed by atoms with Gasteiger partial charge in [-0.3, -0.25) is 9.59 Å². The zero-order chi connectivity index (χ0) is 18.9. The SMILES string of the molecule is CCCc1cc(=O)[nH]c(SCC(=O)N(C)Cc2ccc(OCC)cc2)n1. The van der Waals surface area contributed by atoms with Crippen molar-refractivity contribution < 1.29 is 9.53 Å². The molecule has 1 aromatic carbocycles. The lowest BCUT2D eigenvalue weighted by atomic mass is 10.2. The van der Waals surface area contributed by atoms with E-state index >= 15 is 0 Å². The van der Waals surface area contributed by atoms with Crippen LogP contribution < -0.4 is 10.3 Å². The summed E-state index contributed by atoms with van der Waals surface area (Å²) in [5.74, 6) is 1.03. The molecule has 7 heteroatoms. The van der Waals surface area contributed by atoms with Crippen LogP contribution in [0.5, 0.6) is 5.75 Å². The van der Waals surface area contributed by atoms with Crippen molar-refractivity contribution in [3.63, 3.8) is 0 Å². The molecule has 0 bridgehead atoms. The van der Waals surface area contributed by atoms with Gasteiger partial charge in [0.2, 0.25) is 5.91 Å². The van der Waals surface area contributed by atoms with E-state index in [4.69, 9.17) is 4.74 Å². The van der Waals surface area contributed by atoms with Crippen LogP contribution in [0, 0.1) is 0 Å². The summed E-state index contributed by atoms with van der Waals surface area (Å²) in [6, 6.07) is 9.22. The Hall–Kier alpha value is -2.28. The van der Waals surface area contributed by atoms with E-state index in [9.17, 15) is 9.59 Å². The van der Waals surface area contributed by atoms with E-state index in [1.54, 1.807) is 11.9 Å². The summed E-state index contributed by atoms with van der Waals surface area (Å²) in [4.78, 5) is 32.7. The summed E-state index contributed by atoms with van der Waals surface area (Å²) >= 11 is 1.25. The summed E-state index contributed by atoms with van der Waals surface area (Å²) < 4.78 is 5.42. The molecule has 1 aromatic heterocycles. The second kappa shape index (κ2) is 10.0. The predicted molar refractivity (Wildman–Crippen MR) is 104 cm³/mol. The number of rotatable bonds is 9. The maximum absolute atomic E-state index is 12.3. The molecule has 0 fully saturated rings. The first-order chi connectivity index (χ1) is 12.5. The summed E-state index contributed by atoms with van der Waals surface area (Å²) in [6.07, 6.45) is 1.67. The Labute approximate surface area is 158 Å². The van der Waals surface area contributed by atoms with Crippen LogP contribution in [0.2, 0.25) is 0 Å². The maximum Gasteiger partial charge on any atom is 0.251 e. The van der Waals surface area contributed by atoms with E-state index in [1.807, 2.05) is 38.1 Å². The highest BCUT2D eigenvalue weighted by atomic mass is 32.2. The van der Waals surface area contributed by atoms with E-state index in [0.29, 0.717) is 18.3 Å². The number of amides is 1. The van der Waals surface area contributed by atoms with Gasteiger partial charge in [0.1, 0.15) is 5.75 Å². The molecule has 0 aliphatic carbocycles. The average Bonchev–Trinajstić information content (AvgIpc) is 2.61. The minimum Gasteiger partial charge on any atom is -0.494 e. The fourth-order valence-electron chi connectivity index (χ4n) is 2.40. The van der Waals surface area contributed by atoms with Crippen molar-refractivity contribution in [3.8, 4) is 5.75 Å². The van der Waals surface area contributed by atoms with Crippen molar-refractivity contribution in [2.24, 2.45) is 0 Å². The first kappa shape index (κ1) is 20.0. The first-order valence-corrected chi connectivity index (χ1v) is 9.69. The molecule has 2 aromatic rings. The second-order valence-electron chi connectivity index (χ2n) is 5.91. The second-order valence-corrected chi connectivity index (χ2v) is 6.87. The highest BCUT2D eigenvalue weighted by Crippen LogP contribution is 2.15. The number of carbonyl (C=O) groups excluding carboxylic acids is 1. The van der Waals surface area contributed by atoms with Gasteiger partial charge < -0.3 is 14.6 Å². The molecule has 1 heterocycles. The molecule has 0 radical (unpaired) electrons. The number of benzene rings is 1. The lowest BCUT2D eigenvalue weighted by Crippen LogP contribution is -2.28. The number of ether oxygens (including phenoxy) is 1. The van der Waals surface area contributed by atoms with Gasteiger partial charge in [-0.05, 0) is 31.0 Å². The fraction of sp³-hybridized carbons (Fsp3) is 0.421. The van der Waals surface area contributed by atoms with Gasteiger partial charge in [0.15, 0.2) is 5.16 Å². The van der Waals surface area contributed by atoms with Gasteiger partial charge in [-0.15, -0.1) is 0 Å². The Morgan fingerprint density at radius 2 is 2.00 bits per heavy atom. The minimum atomic E-state index is -0.179. The Morgan fingerprint density at radius 3 is 2.65 bits per heavy atom. The third-order valence-electron chi connectivity index (χ3n) is 3.69. The van der Waals surface area contributed by atoms with Crippen molar-refractivity contribution in [2.45, 2.75) is 38.4 Å². The summed E-state index contributed by atoms with van der Waals surface area (Å²) in [5, 5.41) is 0.490. The number of carbonyl (C=O) groups is 1. The number of H-pyrrole nitrogens is 1. The van der Waals surface area contributed by atoms with Gasteiger partial charge in [0, 0.05) is 25.4 Å². The highest BCUT2D eigenvalue weighted by Gasteiger charge is 2.11. The van der Waals surface area contributed by atoms with Gasteiger partial charge >= 0.3 is 0 Å². The van der Waals surface area contributed by atoms with Crippen molar-refractivity contribution in [2.75, 3.05) is 19.4 Å². The Bertz CT molecular complexity index is 774. The van der Waals surface area contributed by atoms with Gasteiger partial charge in [-0.2, -0.15) is 0 Å². The largest absolute Gasteiger partial charge is 0.494 e. The van der Waals surface area contributed by atoms with Crippen LogP contribution in [0.25, 0.3) is 0 Å². The van der Waals surface area contributed by atoms with Crippen LogP contribution in [0.1, 0.15) is 31.5 Å². The van der Waals surface area contributed by atoms with Gasteiger partial charge in [0.25, 0.3) is 5.56 Å². The lowest BCUT2D eigenvalue weighted by Gasteiger charge is -2.17. The molecule has 1 N–H and O–H groups in total. The number of aromatic nitrogens is 2. The standard InChI is InChI=1S/C19H25N3O3S/c1-4-6-15-11-17(23)21-19(20-15)26-13-18(24)22(3)12-14-7-9-16(10-8-14)25-5-2/h7-11H,4-6,12-13H2,1-3H3,(H,20,21,23). The van der Waals surface area contributed by atoms with E-state index in [2.05, 4.69) is 9.97 Å². The van der Waals surface area contributed by atoms with Crippen molar-refractivity contribution in [1.29, 1.82) is 0 Å². The molecule has 1 amide bonds. The smallest absolute Gasteiger partial charge is 0.251 e. The molecule has 0 aliphatic rings. The van der Waals surface area contributed by atoms with Crippen LogP contribution in [-0.4, -0.2) is 40.2 Å². The first-order valence-electron chi connectivity index (χ1n) is 8.70. The molecule has 0 spiro atoms. The van der Waals surface area contributed by atoms with Gasteiger partial charge in [-0.25, -0.2) is 4.98 Å². The number of aromatic amines is 1. The molecular formula is C19H25N3O3S. The Balaban J connectivity index is 1.89. The van der Waals surface area contributed by atoms with Crippen LogP contribution in [0.4, 0.5) is 0 Å². The summed E-state index contributed by atoms with van der Waals surface area (Å²) in [6.45, 7) is 5.13.